The first kappa shape index (κ1) is 19.5. The van der Waals surface area contributed by atoms with E-state index in [0.29, 0.717) is 56.3 Å². The van der Waals surface area contributed by atoms with Gasteiger partial charge in [0.05, 0.1) is 13.2 Å². The molecule has 2 aromatic heterocycles. The van der Waals surface area contributed by atoms with Crippen LogP contribution in [0.2, 0.25) is 0 Å². The number of aromatic amines is 1. The van der Waals surface area contributed by atoms with E-state index in [1.807, 2.05) is 47.4 Å². The van der Waals surface area contributed by atoms with Crippen LogP contribution in [0.5, 0.6) is 0 Å². The predicted molar refractivity (Wildman–Crippen MR) is 118 cm³/mol. The van der Waals surface area contributed by atoms with Gasteiger partial charge in [0.1, 0.15) is 11.3 Å². The van der Waals surface area contributed by atoms with Crippen LogP contribution in [-0.4, -0.2) is 71.0 Å². The number of H-pyrrole nitrogens is 1. The third-order valence-corrected chi connectivity index (χ3v) is 5.92. The maximum absolute atomic E-state index is 13.1. The number of benzene rings is 1. The first-order valence-electron chi connectivity index (χ1n) is 10.6. The average Bonchev–Trinajstić information content (AvgIpc) is 3.28. The van der Waals surface area contributed by atoms with Crippen molar-refractivity contribution in [3.05, 3.63) is 71.6 Å². The van der Waals surface area contributed by atoms with Crippen LogP contribution in [0.25, 0.3) is 16.6 Å². The predicted octanol–water partition coefficient (Wildman–Crippen LogP) is 2.96. The van der Waals surface area contributed by atoms with Gasteiger partial charge in [-0.15, -0.1) is 0 Å². The number of hydrogen-bond acceptors (Lipinski definition) is 4. The standard InChI is InChI=1S/C24H24N4O3/c29-23(20-4-1-3-18(15-20)17-6-13-31-14-7-17)27-9-11-28(12-10-27)24(30)21-16-19-5-2-8-25-22(19)26-21/h1-6,8,15-16H,7,9-14H2,(H,25,26). The van der Waals surface area contributed by atoms with E-state index in [-0.39, 0.29) is 11.8 Å². The van der Waals surface area contributed by atoms with Gasteiger partial charge in [-0.3, -0.25) is 9.59 Å². The molecule has 0 aliphatic carbocycles. The van der Waals surface area contributed by atoms with E-state index >= 15 is 0 Å². The summed E-state index contributed by atoms with van der Waals surface area (Å²) >= 11 is 0. The normalized spacial score (nSPS) is 17.0. The topological polar surface area (TPSA) is 78.5 Å². The van der Waals surface area contributed by atoms with Gasteiger partial charge in [0.15, 0.2) is 0 Å². The Hall–Kier alpha value is -3.45. The number of rotatable bonds is 3. The van der Waals surface area contributed by atoms with Crippen molar-refractivity contribution in [1.82, 2.24) is 19.8 Å². The Morgan fingerprint density at radius 2 is 1.77 bits per heavy atom. The molecule has 0 radical (unpaired) electrons. The Bertz CT molecular complexity index is 1130. The zero-order chi connectivity index (χ0) is 21.2. The van der Waals surface area contributed by atoms with Crippen LogP contribution >= 0.6 is 0 Å². The lowest BCUT2D eigenvalue weighted by atomic mass is 9.99. The van der Waals surface area contributed by atoms with E-state index in [9.17, 15) is 9.59 Å². The van der Waals surface area contributed by atoms with Crippen LogP contribution in [0.1, 0.15) is 32.8 Å². The second-order valence-electron chi connectivity index (χ2n) is 7.84. The minimum Gasteiger partial charge on any atom is -0.377 e. The lowest BCUT2D eigenvalue weighted by molar-refractivity contribution is 0.0533. The minimum atomic E-state index is -0.0569. The summed E-state index contributed by atoms with van der Waals surface area (Å²) in [5.41, 5.74) is 4.23. The molecular weight excluding hydrogens is 392 g/mol. The maximum Gasteiger partial charge on any atom is 0.270 e. The molecule has 2 aliphatic rings. The van der Waals surface area contributed by atoms with Crippen molar-refractivity contribution in [3.8, 4) is 0 Å². The largest absolute Gasteiger partial charge is 0.377 e. The van der Waals surface area contributed by atoms with Crippen LogP contribution in [-0.2, 0) is 4.74 Å². The van der Waals surface area contributed by atoms with Gasteiger partial charge in [0.2, 0.25) is 0 Å². The van der Waals surface area contributed by atoms with Crippen molar-refractivity contribution in [2.75, 3.05) is 39.4 Å². The average molecular weight is 416 g/mol. The summed E-state index contributed by atoms with van der Waals surface area (Å²) in [4.78, 5) is 36.9. The Labute approximate surface area is 180 Å². The molecule has 0 bridgehead atoms. The van der Waals surface area contributed by atoms with Crippen molar-refractivity contribution in [2.24, 2.45) is 0 Å². The van der Waals surface area contributed by atoms with E-state index in [0.717, 1.165) is 17.4 Å². The van der Waals surface area contributed by atoms with Crippen molar-refractivity contribution >= 4 is 28.4 Å². The van der Waals surface area contributed by atoms with Crippen molar-refractivity contribution < 1.29 is 14.3 Å². The summed E-state index contributed by atoms with van der Waals surface area (Å²) in [6.07, 6.45) is 4.64. The van der Waals surface area contributed by atoms with E-state index in [2.05, 4.69) is 16.0 Å². The molecule has 2 amide bonds. The number of pyridine rings is 1. The quantitative estimate of drug-likeness (QED) is 0.712. The van der Waals surface area contributed by atoms with Crippen LogP contribution in [0, 0.1) is 0 Å². The highest BCUT2D eigenvalue weighted by Crippen LogP contribution is 2.23. The van der Waals surface area contributed by atoms with Crippen molar-refractivity contribution in [1.29, 1.82) is 0 Å². The minimum absolute atomic E-state index is 0.0106. The van der Waals surface area contributed by atoms with E-state index in [4.69, 9.17) is 4.74 Å². The third-order valence-electron chi connectivity index (χ3n) is 5.92. The van der Waals surface area contributed by atoms with E-state index in [1.54, 1.807) is 11.1 Å². The fraction of sp³-hybridized carbons (Fsp3) is 0.292. The molecule has 5 rings (SSSR count). The molecule has 158 valence electrons. The molecule has 1 fully saturated rings. The number of nitrogens with one attached hydrogen (secondary N) is 1. The van der Waals surface area contributed by atoms with Gasteiger partial charge in [-0.2, -0.15) is 0 Å². The molecule has 1 aromatic carbocycles. The molecule has 0 atom stereocenters. The summed E-state index contributed by atoms with van der Waals surface area (Å²) in [6.45, 7) is 3.39. The van der Waals surface area contributed by atoms with Gasteiger partial charge in [0, 0.05) is 43.3 Å². The smallest absolute Gasteiger partial charge is 0.270 e. The molecule has 0 saturated carbocycles. The number of aromatic nitrogens is 2. The second-order valence-corrected chi connectivity index (χ2v) is 7.84. The Morgan fingerprint density at radius 1 is 0.968 bits per heavy atom. The fourth-order valence-electron chi connectivity index (χ4n) is 4.18. The van der Waals surface area contributed by atoms with Gasteiger partial charge in [-0.05, 0) is 47.9 Å². The molecule has 7 heteroatoms. The molecule has 0 unspecified atom stereocenters. The molecular formula is C24H24N4O3. The summed E-state index contributed by atoms with van der Waals surface area (Å²) < 4.78 is 5.38. The van der Waals surface area contributed by atoms with E-state index < -0.39 is 0 Å². The Morgan fingerprint density at radius 3 is 2.52 bits per heavy atom. The van der Waals surface area contributed by atoms with E-state index in [1.165, 1.54) is 5.57 Å². The lowest BCUT2D eigenvalue weighted by Crippen LogP contribution is -2.50. The number of nitrogens with zero attached hydrogens (tertiary/aromatic N) is 3. The summed E-state index contributed by atoms with van der Waals surface area (Å²) in [5, 5.41) is 0.916. The van der Waals surface area contributed by atoms with Crippen LogP contribution in [0.3, 0.4) is 0 Å². The maximum atomic E-state index is 13.1. The van der Waals surface area contributed by atoms with Crippen molar-refractivity contribution in [2.45, 2.75) is 6.42 Å². The second kappa shape index (κ2) is 8.35. The highest BCUT2D eigenvalue weighted by Gasteiger charge is 2.26. The SMILES string of the molecule is O=C(c1cccc(C2=CCOCC2)c1)N1CCN(C(=O)c2cc3cccnc3[nH]2)CC1. The number of carbonyl (C=O) groups is 2. The highest BCUT2D eigenvalue weighted by molar-refractivity contribution is 5.98. The molecule has 4 heterocycles. The molecule has 7 nitrogen and oxygen atoms in total. The summed E-state index contributed by atoms with van der Waals surface area (Å²) in [6, 6.07) is 13.4. The first-order valence-corrected chi connectivity index (χ1v) is 10.6. The van der Waals surface area contributed by atoms with Gasteiger partial charge < -0.3 is 19.5 Å². The lowest BCUT2D eigenvalue weighted by Gasteiger charge is -2.34. The monoisotopic (exact) mass is 416 g/mol. The molecule has 31 heavy (non-hydrogen) atoms. The van der Waals surface area contributed by atoms with Crippen LogP contribution < -0.4 is 0 Å². The molecule has 1 saturated heterocycles. The molecule has 3 aromatic rings. The number of piperazine rings is 1. The highest BCUT2D eigenvalue weighted by atomic mass is 16.5. The number of ether oxygens (including phenoxy) is 1. The number of hydrogen-bond donors (Lipinski definition) is 1. The number of carbonyl (C=O) groups excluding carboxylic acids is 2. The molecule has 0 spiro atoms. The van der Waals surface area contributed by atoms with Gasteiger partial charge >= 0.3 is 0 Å². The number of fused-ring (bicyclic) bond motifs is 1. The van der Waals surface area contributed by atoms with Gasteiger partial charge in [-0.25, -0.2) is 4.98 Å². The van der Waals surface area contributed by atoms with Crippen LogP contribution in [0.15, 0.2) is 54.7 Å². The van der Waals surface area contributed by atoms with Crippen molar-refractivity contribution in [3.63, 3.8) is 0 Å². The Kier molecular flexibility index (Phi) is 5.26. The molecule has 1 N–H and O–H groups in total. The number of amides is 2. The van der Waals surface area contributed by atoms with Gasteiger partial charge in [-0.1, -0.05) is 18.2 Å². The summed E-state index contributed by atoms with van der Waals surface area (Å²) in [5.74, 6) is -0.0463. The molecule has 2 aliphatic heterocycles. The van der Waals surface area contributed by atoms with Gasteiger partial charge in [0.25, 0.3) is 11.8 Å². The third kappa shape index (κ3) is 3.96. The zero-order valence-electron chi connectivity index (χ0n) is 17.2. The Balaban J connectivity index is 1.24. The zero-order valence-corrected chi connectivity index (χ0v) is 17.2. The first-order chi connectivity index (χ1) is 15.2. The fourth-order valence-corrected chi connectivity index (χ4v) is 4.18. The van der Waals surface area contributed by atoms with Crippen LogP contribution in [0.4, 0.5) is 0 Å². The summed E-state index contributed by atoms with van der Waals surface area (Å²) in [7, 11) is 0.